The van der Waals surface area contributed by atoms with Crippen molar-refractivity contribution >= 4 is 17.3 Å². The van der Waals surface area contributed by atoms with Crippen molar-refractivity contribution < 1.29 is 9.18 Å². The predicted octanol–water partition coefficient (Wildman–Crippen LogP) is 3.54. The molecule has 1 aliphatic rings. The molecule has 2 aromatic carbocycles. The van der Waals surface area contributed by atoms with Gasteiger partial charge in [0.05, 0.1) is 17.1 Å². The fourth-order valence-electron chi connectivity index (χ4n) is 3.31. The molecule has 0 radical (unpaired) electrons. The largest absolute Gasteiger partial charge is 0.372 e. The van der Waals surface area contributed by atoms with Crippen LogP contribution in [0.5, 0.6) is 0 Å². The number of nitrogens with one attached hydrogen (secondary N) is 1. The number of carbonyl (C=O) groups excluding carboxylic acids is 1. The molecule has 1 N–H and O–H groups in total. The highest BCUT2D eigenvalue weighted by Gasteiger charge is 2.34. The van der Waals surface area contributed by atoms with E-state index in [0.29, 0.717) is 18.7 Å². The number of para-hydroxylation sites is 3. The van der Waals surface area contributed by atoms with E-state index in [-0.39, 0.29) is 11.7 Å². The number of anilines is 2. The van der Waals surface area contributed by atoms with E-state index < -0.39 is 6.04 Å². The molecule has 5 nitrogen and oxygen atoms in total. The lowest BCUT2D eigenvalue weighted by Crippen LogP contribution is -2.34. The highest BCUT2D eigenvalue weighted by atomic mass is 19.1. The summed E-state index contributed by atoms with van der Waals surface area (Å²) in [5, 5.41) is 7.67. The standard InChI is InChI=1S/C20H19FN4O/c1-14-10-12-22-25(14)19-9-5-3-7-16(19)23-17-11-13-24(20(17)26)18-8-4-2-6-15(18)21/h2-10,12,17,23H,11,13H2,1H3. The van der Waals surface area contributed by atoms with Gasteiger partial charge in [-0.15, -0.1) is 0 Å². The van der Waals surface area contributed by atoms with Gasteiger partial charge in [0.2, 0.25) is 5.91 Å². The maximum Gasteiger partial charge on any atom is 0.249 e. The predicted molar refractivity (Wildman–Crippen MR) is 99.1 cm³/mol. The van der Waals surface area contributed by atoms with Gasteiger partial charge < -0.3 is 10.2 Å². The monoisotopic (exact) mass is 350 g/mol. The van der Waals surface area contributed by atoms with E-state index in [9.17, 15) is 9.18 Å². The van der Waals surface area contributed by atoms with Gasteiger partial charge in [-0.2, -0.15) is 5.10 Å². The van der Waals surface area contributed by atoms with Crippen molar-refractivity contribution in [3.63, 3.8) is 0 Å². The van der Waals surface area contributed by atoms with Gasteiger partial charge in [0.15, 0.2) is 0 Å². The zero-order valence-electron chi connectivity index (χ0n) is 14.4. The zero-order chi connectivity index (χ0) is 18.1. The van der Waals surface area contributed by atoms with Crippen LogP contribution < -0.4 is 10.2 Å². The van der Waals surface area contributed by atoms with Crippen molar-refractivity contribution in [2.24, 2.45) is 0 Å². The molecule has 0 aliphatic carbocycles. The van der Waals surface area contributed by atoms with Crippen molar-refractivity contribution in [1.82, 2.24) is 9.78 Å². The number of nitrogens with zero attached hydrogens (tertiary/aromatic N) is 3. The minimum absolute atomic E-state index is 0.123. The fraction of sp³-hybridized carbons (Fsp3) is 0.200. The molecule has 132 valence electrons. The Kier molecular flexibility index (Phi) is 4.16. The number of aryl methyl sites for hydroxylation is 1. The third kappa shape index (κ3) is 2.83. The first-order chi connectivity index (χ1) is 12.6. The summed E-state index contributed by atoms with van der Waals surface area (Å²) in [6.45, 7) is 2.46. The summed E-state index contributed by atoms with van der Waals surface area (Å²) in [5.74, 6) is -0.504. The lowest BCUT2D eigenvalue weighted by atomic mass is 10.2. The van der Waals surface area contributed by atoms with Gasteiger partial charge >= 0.3 is 0 Å². The van der Waals surface area contributed by atoms with Crippen molar-refractivity contribution in [3.05, 3.63) is 72.3 Å². The molecule has 3 aromatic rings. The summed E-state index contributed by atoms with van der Waals surface area (Å²) < 4.78 is 15.9. The van der Waals surface area contributed by atoms with E-state index in [1.165, 1.54) is 11.0 Å². The number of hydrogen-bond donors (Lipinski definition) is 1. The molecule has 0 saturated carbocycles. The maximum atomic E-state index is 14.0. The van der Waals surface area contributed by atoms with Gasteiger partial charge in [0.25, 0.3) is 0 Å². The molecule has 6 heteroatoms. The summed E-state index contributed by atoms with van der Waals surface area (Å²) in [7, 11) is 0. The highest BCUT2D eigenvalue weighted by molar-refractivity contribution is 6.01. The molecule has 26 heavy (non-hydrogen) atoms. The number of aromatic nitrogens is 2. The number of carbonyl (C=O) groups is 1. The van der Waals surface area contributed by atoms with Gasteiger partial charge in [0.1, 0.15) is 11.9 Å². The summed E-state index contributed by atoms with van der Waals surface area (Å²) in [4.78, 5) is 14.3. The number of rotatable bonds is 4. The van der Waals surface area contributed by atoms with Crippen LogP contribution in [0.4, 0.5) is 15.8 Å². The summed E-state index contributed by atoms with van der Waals surface area (Å²) >= 11 is 0. The fourth-order valence-corrected chi connectivity index (χ4v) is 3.31. The Morgan fingerprint density at radius 1 is 1.08 bits per heavy atom. The second-order valence-corrected chi connectivity index (χ2v) is 6.33. The number of amides is 1. The van der Waals surface area contributed by atoms with Gasteiger partial charge in [-0.25, -0.2) is 9.07 Å². The third-order valence-corrected chi connectivity index (χ3v) is 4.64. The second-order valence-electron chi connectivity index (χ2n) is 6.33. The summed E-state index contributed by atoms with van der Waals surface area (Å²) in [5.41, 5.74) is 3.04. The molecule has 1 aromatic heterocycles. The van der Waals surface area contributed by atoms with E-state index in [4.69, 9.17) is 0 Å². The Hall–Kier alpha value is -3.15. The third-order valence-electron chi connectivity index (χ3n) is 4.64. The smallest absolute Gasteiger partial charge is 0.249 e. The normalized spacial score (nSPS) is 16.9. The van der Waals surface area contributed by atoms with E-state index in [1.807, 2.05) is 41.9 Å². The lowest BCUT2D eigenvalue weighted by Gasteiger charge is -2.19. The van der Waals surface area contributed by atoms with Gasteiger partial charge in [-0.3, -0.25) is 4.79 Å². The van der Waals surface area contributed by atoms with Crippen molar-refractivity contribution in [1.29, 1.82) is 0 Å². The number of hydrogen-bond acceptors (Lipinski definition) is 3. The number of halogens is 1. The van der Waals surface area contributed by atoms with Gasteiger partial charge in [-0.05, 0) is 43.7 Å². The van der Waals surface area contributed by atoms with Gasteiger partial charge in [-0.1, -0.05) is 24.3 Å². The van der Waals surface area contributed by atoms with Crippen LogP contribution in [0.15, 0.2) is 60.8 Å². The molecule has 0 bridgehead atoms. The minimum Gasteiger partial charge on any atom is -0.372 e. The van der Waals surface area contributed by atoms with Crippen LogP contribution in [-0.2, 0) is 4.79 Å². The van der Waals surface area contributed by atoms with Crippen LogP contribution in [0.3, 0.4) is 0 Å². The van der Waals surface area contributed by atoms with E-state index in [2.05, 4.69) is 10.4 Å². The zero-order valence-corrected chi connectivity index (χ0v) is 14.4. The van der Waals surface area contributed by atoms with E-state index in [0.717, 1.165) is 17.1 Å². The Balaban J connectivity index is 1.59. The van der Waals surface area contributed by atoms with Crippen molar-refractivity contribution in [2.45, 2.75) is 19.4 Å². The average Bonchev–Trinajstić information content (AvgIpc) is 3.23. The SMILES string of the molecule is Cc1ccnn1-c1ccccc1NC1CCN(c2ccccc2F)C1=O. The van der Waals surface area contributed by atoms with E-state index in [1.54, 1.807) is 24.4 Å². The van der Waals surface area contributed by atoms with Crippen LogP contribution in [0.2, 0.25) is 0 Å². The molecular weight excluding hydrogens is 331 g/mol. The summed E-state index contributed by atoms with van der Waals surface area (Å²) in [6, 6.07) is 15.6. The molecule has 1 aliphatic heterocycles. The Labute approximate surface area is 151 Å². The second kappa shape index (κ2) is 6.63. The molecule has 1 fully saturated rings. The molecule has 1 amide bonds. The molecule has 1 unspecified atom stereocenters. The Bertz CT molecular complexity index is 952. The van der Waals surface area contributed by atoms with Gasteiger partial charge in [0, 0.05) is 18.4 Å². The Morgan fingerprint density at radius 3 is 2.54 bits per heavy atom. The minimum atomic E-state index is -0.397. The van der Waals surface area contributed by atoms with Crippen LogP contribution >= 0.6 is 0 Å². The highest BCUT2D eigenvalue weighted by Crippen LogP contribution is 2.28. The van der Waals surface area contributed by atoms with E-state index >= 15 is 0 Å². The first kappa shape index (κ1) is 16.3. The molecule has 2 heterocycles. The van der Waals surface area contributed by atoms with Crippen LogP contribution in [0.1, 0.15) is 12.1 Å². The summed E-state index contributed by atoms with van der Waals surface area (Å²) in [6.07, 6.45) is 2.35. The molecular formula is C20H19FN4O. The van der Waals surface area contributed by atoms with Crippen LogP contribution in [0.25, 0.3) is 5.69 Å². The molecule has 1 atom stereocenters. The quantitative estimate of drug-likeness (QED) is 0.783. The Morgan fingerprint density at radius 2 is 1.81 bits per heavy atom. The first-order valence-electron chi connectivity index (χ1n) is 8.57. The number of benzene rings is 2. The molecule has 1 saturated heterocycles. The average molecular weight is 350 g/mol. The van der Waals surface area contributed by atoms with Crippen molar-refractivity contribution in [2.75, 3.05) is 16.8 Å². The molecule has 4 rings (SSSR count). The lowest BCUT2D eigenvalue weighted by molar-refractivity contribution is -0.117. The first-order valence-corrected chi connectivity index (χ1v) is 8.57. The van der Waals surface area contributed by atoms with Crippen molar-refractivity contribution in [3.8, 4) is 5.69 Å². The maximum absolute atomic E-state index is 14.0. The topological polar surface area (TPSA) is 50.2 Å². The van der Waals surface area contributed by atoms with Crippen LogP contribution in [0, 0.1) is 12.7 Å². The molecule has 0 spiro atoms. The van der Waals surface area contributed by atoms with Crippen LogP contribution in [-0.4, -0.2) is 28.3 Å².